The highest BCUT2D eigenvalue weighted by molar-refractivity contribution is 7.16. The lowest BCUT2D eigenvalue weighted by atomic mass is 9.88. The van der Waals surface area contributed by atoms with Crippen molar-refractivity contribution in [3.05, 3.63) is 51.7 Å². The molecule has 1 aliphatic carbocycles. The molecule has 0 saturated carbocycles. The Labute approximate surface area is 160 Å². The van der Waals surface area contributed by atoms with Gasteiger partial charge in [-0.3, -0.25) is 9.59 Å². The Hall–Kier alpha value is -2.72. The number of aliphatic carboxylic acids is 1. The molecule has 1 aromatic heterocycles. The summed E-state index contributed by atoms with van der Waals surface area (Å²) in [5, 5.41) is 22.2. The molecule has 0 spiro atoms. The third-order valence-corrected chi connectivity index (χ3v) is 6.01. The van der Waals surface area contributed by atoms with Crippen molar-refractivity contribution < 1.29 is 19.1 Å². The van der Waals surface area contributed by atoms with Gasteiger partial charge in [-0.1, -0.05) is 19.1 Å². The average molecular weight is 386 g/mol. The van der Waals surface area contributed by atoms with Gasteiger partial charge >= 0.3 is 5.97 Å². The van der Waals surface area contributed by atoms with Crippen LogP contribution in [0.3, 0.4) is 0 Å². The number of nitriles is 1. The largest absolute Gasteiger partial charge is 0.481 e. The summed E-state index contributed by atoms with van der Waals surface area (Å²) in [7, 11) is 0. The summed E-state index contributed by atoms with van der Waals surface area (Å²) in [6.07, 6.45) is 2.43. The molecule has 2 N–H and O–H groups in total. The molecule has 140 valence electrons. The zero-order valence-corrected chi connectivity index (χ0v) is 15.6. The molecule has 1 aromatic carbocycles. The van der Waals surface area contributed by atoms with E-state index in [9.17, 15) is 24.3 Å². The van der Waals surface area contributed by atoms with Gasteiger partial charge in [0.1, 0.15) is 16.9 Å². The molecular weight excluding hydrogens is 367 g/mol. The summed E-state index contributed by atoms with van der Waals surface area (Å²) in [4.78, 5) is 25.1. The smallest absolute Gasteiger partial charge is 0.311 e. The van der Waals surface area contributed by atoms with Crippen molar-refractivity contribution in [3.8, 4) is 6.07 Å². The number of nitrogens with zero attached hydrogens (tertiary/aromatic N) is 1. The number of rotatable bonds is 5. The maximum atomic E-state index is 13.1. The first kappa shape index (κ1) is 19.1. The molecule has 1 heterocycles. The van der Waals surface area contributed by atoms with Crippen LogP contribution in [0.15, 0.2) is 24.3 Å². The maximum Gasteiger partial charge on any atom is 0.311 e. The van der Waals surface area contributed by atoms with Gasteiger partial charge in [0, 0.05) is 11.3 Å². The lowest BCUT2D eigenvalue weighted by Gasteiger charge is -2.17. The van der Waals surface area contributed by atoms with Gasteiger partial charge in [-0.15, -0.1) is 11.3 Å². The average Bonchev–Trinajstić information content (AvgIpc) is 2.96. The number of thiophene rings is 1. The molecular formula is C20H19FN2O3S. The minimum Gasteiger partial charge on any atom is -0.481 e. The van der Waals surface area contributed by atoms with Crippen LogP contribution in [0.4, 0.5) is 9.39 Å². The fourth-order valence-electron chi connectivity index (χ4n) is 3.36. The standard InChI is InChI=1S/C20H19FN2O3S/c1-11-2-7-14-16(10-22)19(27-17(14)8-11)23-18(24)9-15(20(25)26)12-3-5-13(21)6-4-12/h3-6,11,15H,2,7-9H2,1H3,(H,23,24)(H,25,26)/t11-,15+/m1/s1. The number of amides is 1. The monoisotopic (exact) mass is 386 g/mol. The van der Waals surface area contributed by atoms with Crippen LogP contribution in [-0.4, -0.2) is 17.0 Å². The van der Waals surface area contributed by atoms with E-state index in [1.165, 1.54) is 35.6 Å². The zero-order valence-electron chi connectivity index (χ0n) is 14.8. The number of benzene rings is 1. The zero-order chi connectivity index (χ0) is 19.6. The van der Waals surface area contributed by atoms with Crippen LogP contribution in [0.25, 0.3) is 0 Å². The van der Waals surface area contributed by atoms with E-state index in [0.29, 0.717) is 22.0 Å². The van der Waals surface area contributed by atoms with Crippen molar-refractivity contribution >= 4 is 28.2 Å². The third-order valence-electron chi connectivity index (χ3n) is 4.84. The molecule has 0 aliphatic heterocycles. The van der Waals surface area contributed by atoms with Crippen LogP contribution >= 0.6 is 11.3 Å². The van der Waals surface area contributed by atoms with Crippen molar-refractivity contribution in [2.75, 3.05) is 5.32 Å². The molecule has 0 unspecified atom stereocenters. The van der Waals surface area contributed by atoms with Crippen molar-refractivity contribution in [1.82, 2.24) is 0 Å². The Kier molecular flexibility index (Phi) is 5.57. The molecule has 7 heteroatoms. The van der Waals surface area contributed by atoms with E-state index in [1.807, 2.05) is 0 Å². The summed E-state index contributed by atoms with van der Waals surface area (Å²) < 4.78 is 13.1. The summed E-state index contributed by atoms with van der Waals surface area (Å²) in [6, 6.07) is 7.26. The van der Waals surface area contributed by atoms with Gasteiger partial charge in [0.05, 0.1) is 11.5 Å². The van der Waals surface area contributed by atoms with Gasteiger partial charge in [-0.25, -0.2) is 4.39 Å². The second-order valence-corrected chi connectivity index (χ2v) is 7.97. The van der Waals surface area contributed by atoms with Gasteiger partial charge in [0.2, 0.25) is 5.91 Å². The number of carboxylic acid groups (broad SMARTS) is 1. The highest BCUT2D eigenvalue weighted by Crippen LogP contribution is 2.39. The fraction of sp³-hybridized carbons (Fsp3) is 0.350. The third kappa shape index (κ3) is 4.17. The predicted octanol–water partition coefficient (Wildman–Crippen LogP) is 4.08. The second kappa shape index (κ2) is 7.89. The number of carbonyl (C=O) groups excluding carboxylic acids is 1. The Bertz CT molecular complexity index is 915. The van der Waals surface area contributed by atoms with Crippen LogP contribution in [-0.2, 0) is 22.4 Å². The quantitative estimate of drug-likeness (QED) is 0.810. The number of hydrogen-bond donors (Lipinski definition) is 2. The molecule has 27 heavy (non-hydrogen) atoms. The van der Waals surface area contributed by atoms with Gasteiger partial charge in [0.25, 0.3) is 0 Å². The van der Waals surface area contributed by atoms with Crippen molar-refractivity contribution in [1.29, 1.82) is 5.26 Å². The van der Waals surface area contributed by atoms with E-state index in [0.717, 1.165) is 29.7 Å². The Morgan fingerprint density at radius 3 is 2.74 bits per heavy atom. The number of fused-ring (bicyclic) bond motifs is 1. The number of halogens is 1. The highest BCUT2D eigenvalue weighted by atomic mass is 32.1. The molecule has 0 bridgehead atoms. The van der Waals surface area contributed by atoms with Gasteiger partial charge in [0.15, 0.2) is 0 Å². The number of nitrogens with one attached hydrogen (secondary N) is 1. The Morgan fingerprint density at radius 2 is 2.11 bits per heavy atom. The van der Waals surface area contributed by atoms with E-state index >= 15 is 0 Å². The van der Waals surface area contributed by atoms with Crippen molar-refractivity contribution in [2.24, 2.45) is 5.92 Å². The number of carboxylic acids is 1. The van der Waals surface area contributed by atoms with E-state index in [1.54, 1.807) is 0 Å². The minimum absolute atomic E-state index is 0.287. The first-order valence-corrected chi connectivity index (χ1v) is 9.53. The van der Waals surface area contributed by atoms with E-state index in [2.05, 4.69) is 18.3 Å². The molecule has 3 rings (SSSR count). The van der Waals surface area contributed by atoms with Crippen LogP contribution < -0.4 is 5.32 Å². The fourth-order valence-corrected chi connectivity index (χ4v) is 4.74. The molecule has 1 aliphatic rings. The summed E-state index contributed by atoms with van der Waals surface area (Å²) in [6.45, 7) is 2.16. The highest BCUT2D eigenvalue weighted by Gasteiger charge is 2.27. The van der Waals surface area contributed by atoms with E-state index in [4.69, 9.17) is 0 Å². The molecule has 1 amide bonds. The van der Waals surface area contributed by atoms with Gasteiger partial charge in [-0.05, 0) is 48.4 Å². The number of carbonyl (C=O) groups is 2. The molecule has 0 fully saturated rings. The van der Waals surface area contributed by atoms with Crippen LogP contribution in [0.5, 0.6) is 0 Å². The van der Waals surface area contributed by atoms with Gasteiger partial charge in [-0.2, -0.15) is 5.26 Å². The lowest BCUT2D eigenvalue weighted by Crippen LogP contribution is -2.21. The SMILES string of the molecule is C[C@@H]1CCc2c(sc(NC(=O)C[C@H](C(=O)O)c3ccc(F)cc3)c2C#N)C1. The predicted molar refractivity (Wildman–Crippen MR) is 100 cm³/mol. The number of hydrogen-bond acceptors (Lipinski definition) is 4. The first-order valence-electron chi connectivity index (χ1n) is 8.71. The van der Waals surface area contributed by atoms with Crippen LogP contribution in [0.2, 0.25) is 0 Å². The lowest BCUT2D eigenvalue weighted by molar-refractivity contribution is -0.140. The molecule has 2 atom stereocenters. The van der Waals surface area contributed by atoms with Crippen LogP contribution in [0.1, 0.15) is 47.3 Å². The summed E-state index contributed by atoms with van der Waals surface area (Å²) in [5.41, 5.74) is 1.85. The summed E-state index contributed by atoms with van der Waals surface area (Å²) >= 11 is 1.40. The maximum absolute atomic E-state index is 13.1. The van der Waals surface area contributed by atoms with Crippen molar-refractivity contribution in [2.45, 2.75) is 38.5 Å². The van der Waals surface area contributed by atoms with Crippen molar-refractivity contribution in [3.63, 3.8) is 0 Å². The summed E-state index contributed by atoms with van der Waals surface area (Å²) in [5.74, 6) is -2.64. The number of anilines is 1. The Morgan fingerprint density at radius 1 is 1.41 bits per heavy atom. The Balaban J connectivity index is 1.78. The molecule has 2 aromatic rings. The second-order valence-electron chi connectivity index (χ2n) is 6.86. The van der Waals surface area contributed by atoms with Crippen LogP contribution in [0, 0.1) is 23.1 Å². The molecule has 0 saturated heterocycles. The van der Waals surface area contributed by atoms with E-state index in [-0.39, 0.29) is 6.42 Å². The minimum atomic E-state index is -1.16. The normalized spacial score (nSPS) is 16.9. The molecule has 0 radical (unpaired) electrons. The van der Waals surface area contributed by atoms with Gasteiger partial charge < -0.3 is 10.4 Å². The molecule has 5 nitrogen and oxygen atoms in total. The first-order chi connectivity index (χ1) is 12.9. The topological polar surface area (TPSA) is 90.2 Å². The van der Waals surface area contributed by atoms with E-state index < -0.39 is 23.6 Å².